The molecule has 0 amide bonds. The number of benzene rings is 3. The molecule has 8 heteroatoms. The molecule has 41 heavy (non-hydrogen) atoms. The van der Waals surface area contributed by atoms with Gasteiger partial charge in [-0.05, 0) is 53.9 Å². The largest absolute Gasteiger partial charge is 0.459 e. The van der Waals surface area contributed by atoms with E-state index in [4.69, 9.17) is 23.7 Å². The Morgan fingerprint density at radius 2 is 1.12 bits per heavy atom. The van der Waals surface area contributed by atoms with Gasteiger partial charge in [0.05, 0.1) is 59.4 Å². The van der Waals surface area contributed by atoms with Gasteiger partial charge in [0.25, 0.3) is 0 Å². The summed E-state index contributed by atoms with van der Waals surface area (Å²) in [5.41, 5.74) is 0.830. The zero-order valence-electron chi connectivity index (χ0n) is 24.9. The Bertz CT molecular complexity index is 1150. The maximum atomic E-state index is 12.3. The molecule has 3 aromatic carbocycles. The smallest absolute Gasteiger partial charge is 0.320 e. The molecule has 3 aromatic rings. The number of rotatable bonds is 4. The lowest BCUT2D eigenvalue weighted by Gasteiger charge is -2.25. The van der Waals surface area contributed by atoms with Gasteiger partial charge in [0.2, 0.25) is 0 Å². The Labute approximate surface area is 244 Å². The highest BCUT2D eigenvalue weighted by molar-refractivity contribution is 6.02. The molecule has 4 rings (SSSR count). The van der Waals surface area contributed by atoms with Crippen LogP contribution in [0, 0.1) is 0 Å². The van der Waals surface area contributed by atoms with E-state index in [-0.39, 0.29) is 12.5 Å². The van der Waals surface area contributed by atoms with Gasteiger partial charge in [0.15, 0.2) is 0 Å². The summed E-state index contributed by atoms with van der Waals surface area (Å²) in [5, 5.41) is 5.09. The first kappa shape index (κ1) is 31.3. The first-order valence-electron chi connectivity index (χ1n) is 14.8. The molecule has 0 unspecified atom stereocenters. The van der Waals surface area contributed by atoms with Crippen molar-refractivity contribution in [3.05, 3.63) is 60.2 Å². The second kappa shape index (κ2) is 16.2. The number of hydrogen-bond donors (Lipinski definition) is 0. The van der Waals surface area contributed by atoms with Crippen molar-refractivity contribution in [1.29, 1.82) is 0 Å². The van der Waals surface area contributed by atoms with E-state index >= 15 is 0 Å². The predicted molar refractivity (Wildman–Crippen MR) is 162 cm³/mol. The number of esters is 1. The van der Waals surface area contributed by atoms with Gasteiger partial charge in [-0.3, -0.25) is 14.6 Å². The van der Waals surface area contributed by atoms with Crippen LogP contribution in [0.25, 0.3) is 21.5 Å². The maximum absolute atomic E-state index is 12.3. The molecule has 0 aliphatic carbocycles. The molecule has 0 bridgehead atoms. The average molecular weight is 567 g/mol. The number of carbonyl (C=O) groups excluding carboxylic acids is 1. The van der Waals surface area contributed by atoms with Crippen molar-refractivity contribution in [2.75, 3.05) is 85.6 Å². The summed E-state index contributed by atoms with van der Waals surface area (Å²) in [5.74, 6) is -0.243. The van der Waals surface area contributed by atoms with Crippen LogP contribution in [0.2, 0.25) is 0 Å². The lowest BCUT2D eigenvalue weighted by Crippen LogP contribution is -2.38. The third-order valence-corrected chi connectivity index (χ3v) is 6.99. The molecule has 0 N–H and O–H groups in total. The van der Waals surface area contributed by atoms with Crippen LogP contribution in [0.4, 0.5) is 0 Å². The van der Waals surface area contributed by atoms with Gasteiger partial charge >= 0.3 is 5.97 Å². The standard InChI is InChI=1S/C33H46N2O6/c1-33(2,3)41-32(36)26-35-14-18-39-22-20-37-16-12-34(13-17-38-21-23-40-19-15-35)25-31-29-10-6-4-8-27(29)24-28-9-5-7-11-30(28)31/h4-11,24H,12-23,25-26H2,1-3H3. The van der Waals surface area contributed by atoms with Crippen molar-refractivity contribution in [2.45, 2.75) is 32.9 Å². The fourth-order valence-corrected chi connectivity index (χ4v) is 5.02. The molecule has 1 aliphatic rings. The van der Waals surface area contributed by atoms with Gasteiger partial charge < -0.3 is 23.7 Å². The number of hydrogen-bond acceptors (Lipinski definition) is 8. The molecular formula is C33H46N2O6. The van der Waals surface area contributed by atoms with Crippen molar-refractivity contribution in [3.63, 3.8) is 0 Å². The van der Waals surface area contributed by atoms with E-state index in [2.05, 4.69) is 59.5 Å². The van der Waals surface area contributed by atoms with E-state index < -0.39 is 5.60 Å². The van der Waals surface area contributed by atoms with E-state index in [9.17, 15) is 4.79 Å². The van der Waals surface area contributed by atoms with Crippen LogP contribution in [0.1, 0.15) is 26.3 Å². The van der Waals surface area contributed by atoms with Crippen molar-refractivity contribution >= 4 is 27.5 Å². The van der Waals surface area contributed by atoms with Crippen LogP contribution in [-0.4, -0.2) is 107 Å². The van der Waals surface area contributed by atoms with Gasteiger partial charge in [0, 0.05) is 32.7 Å². The second-order valence-corrected chi connectivity index (χ2v) is 11.4. The number of fused-ring (bicyclic) bond motifs is 2. The van der Waals surface area contributed by atoms with Crippen LogP contribution < -0.4 is 0 Å². The minimum atomic E-state index is -0.506. The van der Waals surface area contributed by atoms with Crippen molar-refractivity contribution in [1.82, 2.24) is 9.80 Å². The third-order valence-electron chi connectivity index (χ3n) is 6.99. The van der Waals surface area contributed by atoms with Gasteiger partial charge in [-0.25, -0.2) is 0 Å². The lowest BCUT2D eigenvalue weighted by molar-refractivity contribution is -0.156. The van der Waals surface area contributed by atoms with E-state index in [1.807, 2.05) is 25.7 Å². The quantitative estimate of drug-likeness (QED) is 0.337. The van der Waals surface area contributed by atoms with Gasteiger partial charge in [-0.15, -0.1) is 0 Å². The number of ether oxygens (including phenoxy) is 5. The van der Waals surface area contributed by atoms with Crippen molar-refractivity contribution < 1.29 is 28.5 Å². The number of carbonyl (C=O) groups is 1. The molecule has 0 atom stereocenters. The topological polar surface area (TPSA) is 69.7 Å². The molecule has 1 heterocycles. The van der Waals surface area contributed by atoms with E-state index in [0.717, 1.165) is 19.6 Å². The highest BCUT2D eigenvalue weighted by atomic mass is 16.6. The summed E-state index contributed by atoms with van der Waals surface area (Å²) < 4.78 is 29.0. The fourth-order valence-electron chi connectivity index (χ4n) is 5.02. The lowest BCUT2D eigenvalue weighted by atomic mass is 9.96. The Balaban J connectivity index is 1.34. The Morgan fingerprint density at radius 1 is 0.683 bits per heavy atom. The summed E-state index contributed by atoms with van der Waals surface area (Å²) in [7, 11) is 0. The molecule has 0 aromatic heterocycles. The van der Waals surface area contributed by atoms with E-state index in [0.29, 0.717) is 65.9 Å². The van der Waals surface area contributed by atoms with Gasteiger partial charge in [-0.2, -0.15) is 0 Å². The highest BCUT2D eigenvalue weighted by Crippen LogP contribution is 2.29. The molecule has 1 saturated heterocycles. The highest BCUT2D eigenvalue weighted by Gasteiger charge is 2.19. The van der Waals surface area contributed by atoms with Gasteiger partial charge in [0.1, 0.15) is 5.60 Å². The van der Waals surface area contributed by atoms with Crippen LogP contribution in [0.15, 0.2) is 54.6 Å². The maximum Gasteiger partial charge on any atom is 0.320 e. The SMILES string of the molecule is CC(C)(C)OC(=O)CN1CCOCCOCCN(Cc2c3ccccc3cc3ccccc23)CCOCCOCC1. The van der Waals surface area contributed by atoms with E-state index in [1.54, 1.807) is 0 Å². The molecule has 1 aliphatic heterocycles. The monoisotopic (exact) mass is 566 g/mol. The average Bonchev–Trinajstić information content (AvgIpc) is 2.93. The molecule has 0 saturated carbocycles. The van der Waals surface area contributed by atoms with Crippen LogP contribution in [-0.2, 0) is 35.0 Å². The minimum absolute atomic E-state index is 0.207. The van der Waals surface area contributed by atoms with Crippen LogP contribution in [0.5, 0.6) is 0 Å². The molecule has 224 valence electrons. The summed E-state index contributed by atoms with van der Waals surface area (Å²) in [6.07, 6.45) is 0. The zero-order chi connectivity index (χ0) is 28.9. The first-order chi connectivity index (χ1) is 19.9. The predicted octanol–water partition coefficient (Wildman–Crippen LogP) is 4.52. The minimum Gasteiger partial charge on any atom is -0.459 e. The van der Waals surface area contributed by atoms with E-state index in [1.165, 1.54) is 27.1 Å². The summed E-state index contributed by atoms with van der Waals surface area (Å²) >= 11 is 0. The Hall–Kier alpha value is -2.59. The summed E-state index contributed by atoms with van der Waals surface area (Å²) in [6, 6.07) is 19.5. The zero-order valence-corrected chi connectivity index (χ0v) is 24.9. The summed E-state index contributed by atoms with van der Waals surface area (Å²) in [6.45, 7) is 13.8. The molecule has 0 spiro atoms. The van der Waals surface area contributed by atoms with Crippen molar-refractivity contribution in [2.24, 2.45) is 0 Å². The third kappa shape index (κ3) is 10.6. The Morgan fingerprint density at radius 3 is 1.59 bits per heavy atom. The number of nitrogens with zero attached hydrogens (tertiary/aromatic N) is 2. The second-order valence-electron chi connectivity index (χ2n) is 11.4. The fraction of sp³-hybridized carbons (Fsp3) is 0.545. The molecule has 1 fully saturated rings. The Kier molecular flexibility index (Phi) is 12.4. The molecular weight excluding hydrogens is 520 g/mol. The van der Waals surface area contributed by atoms with Gasteiger partial charge in [-0.1, -0.05) is 48.5 Å². The normalized spacial score (nSPS) is 18.6. The molecule has 8 nitrogen and oxygen atoms in total. The van der Waals surface area contributed by atoms with Crippen LogP contribution >= 0.6 is 0 Å². The molecule has 0 radical (unpaired) electrons. The van der Waals surface area contributed by atoms with Crippen molar-refractivity contribution in [3.8, 4) is 0 Å². The first-order valence-corrected chi connectivity index (χ1v) is 14.8. The summed E-state index contributed by atoms with van der Waals surface area (Å²) in [4.78, 5) is 16.8. The van der Waals surface area contributed by atoms with Crippen LogP contribution in [0.3, 0.4) is 0 Å².